The van der Waals surface area contributed by atoms with Crippen molar-refractivity contribution in [3.63, 3.8) is 0 Å². The molecule has 1 saturated carbocycles. The fraction of sp³-hybridized carbons (Fsp3) is 0.600. The Balaban J connectivity index is 1.76. The van der Waals surface area contributed by atoms with Crippen molar-refractivity contribution in [2.75, 3.05) is 18.6 Å². The van der Waals surface area contributed by atoms with Crippen LogP contribution in [0.1, 0.15) is 52.5 Å². The number of amides is 1. The number of aryl methyl sites for hydroxylation is 1. The maximum absolute atomic E-state index is 13.7. The van der Waals surface area contributed by atoms with Crippen LogP contribution in [-0.2, 0) is 9.53 Å². The lowest BCUT2D eigenvalue weighted by molar-refractivity contribution is -0.147. The zero-order valence-corrected chi connectivity index (χ0v) is 22.8. The Morgan fingerprint density at radius 2 is 1.95 bits per heavy atom. The predicted octanol–water partition coefficient (Wildman–Crippen LogP) is 4.18. The molecule has 1 amide bonds. The summed E-state index contributed by atoms with van der Waals surface area (Å²) in [4.78, 5) is 28.4. The van der Waals surface area contributed by atoms with E-state index in [-0.39, 0.29) is 29.1 Å². The quantitative estimate of drug-likeness (QED) is 0.526. The Morgan fingerprint density at radius 1 is 1.24 bits per heavy atom. The van der Waals surface area contributed by atoms with Gasteiger partial charge in [-0.1, -0.05) is 45.1 Å². The van der Waals surface area contributed by atoms with Gasteiger partial charge in [0.2, 0.25) is 0 Å². The van der Waals surface area contributed by atoms with Crippen molar-refractivity contribution < 1.29 is 29.6 Å². The van der Waals surface area contributed by atoms with Crippen molar-refractivity contribution in [3.05, 3.63) is 53.1 Å². The number of aliphatic hydroxyl groups excluding tert-OH is 2. The number of nitrogens with zero attached hydrogens (tertiary/aromatic N) is 1. The molecule has 0 aliphatic heterocycles. The van der Waals surface area contributed by atoms with E-state index in [4.69, 9.17) is 4.74 Å². The fourth-order valence-corrected chi connectivity index (χ4v) is 6.59. The third kappa shape index (κ3) is 5.01. The molecule has 37 heavy (non-hydrogen) atoms. The molecule has 1 fully saturated rings. The Bertz CT molecular complexity index is 1120. The Hall–Kier alpha value is -2.48. The van der Waals surface area contributed by atoms with Gasteiger partial charge in [-0.15, -0.1) is 0 Å². The van der Waals surface area contributed by atoms with Crippen LogP contribution >= 0.6 is 0 Å². The number of rotatable bonds is 3. The molecule has 2 bridgehead atoms. The van der Waals surface area contributed by atoms with E-state index in [1.165, 1.54) is 4.90 Å². The van der Waals surface area contributed by atoms with E-state index in [0.717, 1.165) is 18.4 Å². The molecule has 0 spiro atoms. The average molecular weight is 512 g/mol. The van der Waals surface area contributed by atoms with Crippen LogP contribution in [0, 0.1) is 36.0 Å². The fourth-order valence-electron chi connectivity index (χ4n) is 6.59. The first-order chi connectivity index (χ1) is 17.3. The molecule has 3 aliphatic carbocycles. The number of anilines is 1. The summed E-state index contributed by atoms with van der Waals surface area (Å²) < 4.78 is 5.92. The van der Waals surface area contributed by atoms with Gasteiger partial charge in [0.05, 0.1) is 6.61 Å². The van der Waals surface area contributed by atoms with Gasteiger partial charge in [-0.25, -0.2) is 4.79 Å². The highest BCUT2D eigenvalue weighted by Crippen LogP contribution is 2.65. The molecule has 1 aromatic rings. The molecule has 4 rings (SSSR count). The summed E-state index contributed by atoms with van der Waals surface area (Å²) in [7, 11) is 1.58. The summed E-state index contributed by atoms with van der Waals surface area (Å²) in [5.74, 6) is -0.00393. The van der Waals surface area contributed by atoms with Crippen LogP contribution in [0.25, 0.3) is 0 Å². The van der Waals surface area contributed by atoms with Crippen molar-refractivity contribution in [3.8, 4) is 0 Å². The van der Waals surface area contributed by atoms with Crippen molar-refractivity contribution in [2.24, 2.45) is 29.1 Å². The number of hydrogen-bond acceptors (Lipinski definition) is 6. The van der Waals surface area contributed by atoms with Crippen LogP contribution < -0.4 is 4.90 Å². The Morgan fingerprint density at radius 3 is 2.59 bits per heavy atom. The first-order valence-electron chi connectivity index (χ1n) is 13.2. The Kier molecular flexibility index (Phi) is 7.45. The van der Waals surface area contributed by atoms with Gasteiger partial charge in [-0.2, -0.15) is 0 Å². The number of ketones is 1. The molecular weight excluding hydrogens is 470 g/mol. The largest absolute Gasteiger partial charge is 0.438 e. The molecule has 7 nitrogen and oxygen atoms in total. The molecule has 0 aromatic heterocycles. The monoisotopic (exact) mass is 511 g/mol. The third-order valence-electron chi connectivity index (χ3n) is 9.00. The summed E-state index contributed by atoms with van der Waals surface area (Å²) in [6.07, 6.45) is 1.32. The standard InChI is InChI=1S/C30H41NO6/c1-17-8-7-9-21(12-17)31(6)28(35)37-27-19(3)11-10-18(2)13-23-25(29(23,4)5)22-14-20(16-32)26(34)30(27,36)15-24(22)33/h7-9,11-12,14,18,22-23,25-27,32,34,36H,10,13,15-16H2,1-6H3/b19-11-/t18-,22+,23+,25-,26+,27-,30-/m0/s1. The number of Topliss-reactive ketones (excluding diaryl/α,β-unsaturated/α-hetero) is 1. The zero-order chi connectivity index (χ0) is 27.3. The molecule has 0 saturated heterocycles. The van der Waals surface area contributed by atoms with Gasteiger partial charge >= 0.3 is 6.09 Å². The minimum Gasteiger partial charge on any atom is -0.438 e. The minimum atomic E-state index is -2.12. The van der Waals surface area contributed by atoms with E-state index in [1.54, 1.807) is 26.1 Å². The lowest BCUT2D eigenvalue weighted by Crippen LogP contribution is -2.56. The lowest BCUT2D eigenvalue weighted by Gasteiger charge is -2.40. The average Bonchev–Trinajstić information content (AvgIpc) is 3.40. The molecule has 0 radical (unpaired) electrons. The normalized spacial score (nSPS) is 36.6. The second kappa shape index (κ2) is 10.0. The van der Waals surface area contributed by atoms with Gasteiger partial charge in [0.15, 0.2) is 6.10 Å². The molecule has 202 valence electrons. The predicted molar refractivity (Wildman–Crippen MR) is 142 cm³/mol. The summed E-state index contributed by atoms with van der Waals surface area (Å²) >= 11 is 0. The Labute approximate surface area is 219 Å². The van der Waals surface area contributed by atoms with E-state index in [2.05, 4.69) is 20.8 Å². The van der Waals surface area contributed by atoms with Gasteiger partial charge in [-0.05, 0) is 78.7 Å². The van der Waals surface area contributed by atoms with E-state index in [9.17, 15) is 24.9 Å². The highest BCUT2D eigenvalue weighted by molar-refractivity contribution is 5.88. The van der Waals surface area contributed by atoms with Crippen LogP contribution in [-0.4, -0.2) is 58.7 Å². The zero-order valence-electron chi connectivity index (χ0n) is 22.8. The summed E-state index contributed by atoms with van der Waals surface area (Å²) in [5.41, 5.74) is 0.163. The van der Waals surface area contributed by atoms with Gasteiger partial charge in [0.25, 0.3) is 0 Å². The SMILES string of the molecule is C/C1=C/C[C@H](C)C[C@@H]2[C@H]([C@@H]3C=C(CO)[C@@H](O)[C@@](O)(CC3=O)[C@H]1OC(=O)N(C)c1cccc(C)c1)C2(C)C. The number of ether oxygens (including phenoxy) is 1. The van der Waals surface area contributed by atoms with Gasteiger partial charge in [0, 0.05) is 25.1 Å². The smallest absolute Gasteiger partial charge is 0.414 e. The van der Waals surface area contributed by atoms with Gasteiger partial charge in [-0.3, -0.25) is 9.69 Å². The van der Waals surface area contributed by atoms with Crippen LogP contribution in [0.15, 0.2) is 47.6 Å². The van der Waals surface area contributed by atoms with E-state index in [1.807, 2.05) is 31.2 Å². The maximum Gasteiger partial charge on any atom is 0.414 e. The molecule has 7 atom stereocenters. The van der Waals surface area contributed by atoms with Gasteiger partial charge in [0.1, 0.15) is 17.5 Å². The molecule has 0 heterocycles. The summed E-state index contributed by atoms with van der Waals surface area (Å²) in [5, 5.41) is 33.6. The van der Waals surface area contributed by atoms with E-state index < -0.39 is 36.4 Å². The number of hydrogen-bond donors (Lipinski definition) is 3. The number of allylic oxidation sites excluding steroid dienone is 2. The van der Waals surface area contributed by atoms with Crippen LogP contribution in [0.4, 0.5) is 10.5 Å². The third-order valence-corrected chi connectivity index (χ3v) is 9.00. The lowest BCUT2D eigenvalue weighted by atomic mass is 9.79. The number of aliphatic hydroxyl groups is 3. The van der Waals surface area contributed by atoms with Crippen LogP contribution in [0.5, 0.6) is 0 Å². The van der Waals surface area contributed by atoms with Crippen LogP contribution in [0.2, 0.25) is 0 Å². The van der Waals surface area contributed by atoms with E-state index >= 15 is 0 Å². The molecular formula is C30H41NO6. The number of benzene rings is 1. The van der Waals surface area contributed by atoms with Gasteiger partial charge < -0.3 is 20.1 Å². The highest BCUT2D eigenvalue weighted by atomic mass is 16.6. The minimum absolute atomic E-state index is 0.0612. The molecule has 0 unspecified atom stereocenters. The summed E-state index contributed by atoms with van der Waals surface area (Å²) in [6.45, 7) is 9.66. The number of fused-ring (bicyclic) bond motifs is 5. The van der Waals surface area contributed by atoms with Crippen LogP contribution in [0.3, 0.4) is 0 Å². The topological polar surface area (TPSA) is 107 Å². The molecule has 7 heteroatoms. The highest BCUT2D eigenvalue weighted by Gasteiger charge is 2.63. The maximum atomic E-state index is 13.7. The van der Waals surface area contributed by atoms with Crippen molar-refractivity contribution in [2.45, 2.75) is 71.7 Å². The summed E-state index contributed by atoms with van der Waals surface area (Å²) in [6, 6.07) is 7.38. The van der Waals surface area contributed by atoms with Crippen molar-refractivity contribution in [1.29, 1.82) is 0 Å². The molecule has 3 N–H and O–H groups in total. The molecule has 1 aromatic carbocycles. The second-order valence-electron chi connectivity index (χ2n) is 12.1. The number of carbonyl (C=O) groups is 2. The number of carbonyl (C=O) groups excluding carboxylic acids is 2. The van der Waals surface area contributed by atoms with E-state index in [0.29, 0.717) is 23.1 Å². The van der Waals surface area contributed by atoms with Crippen molar-refractivity contribution >= 4 is 17.6 Å². The first-order valence-corrected chi connectivity index (χ1v) is 13.2. The first kappa shape index (κ1) is 27.6. The molecule has 3 aliphatic rings. The van der Waals surface area contributed by atoms with Crippen molar-refractivity contribution in [1.82, 2.24) is 0 Å². The second-order valence-corrected chi connectivity index (χ2v) is 12.1.